The Bertz CT molecular complexity index is 891. The van der Waals surface area contributed by atoms with E-state index < -0.39 is 0 Å². The highest BCUT2D eigenvalue weighted by Crippen LogP contribution is 2.15. The van der Waals surface area contributed by atoms with Crippen LogP contribution in [0.3, 0.4) is 0 Å². The maximum absolute atomic E-state index is 12.4. The highest BCUT2D eigenvalue weighted by Gasteiger charge is 2.22. The second-order valence-electron chi connectivity index (χ2n) is 6.52. The molecule has 2 aromatic heterocycles. The second kappa shape index (κ2) is 8.47. The molecule has 1 aliphatic rings. The Kier molecular flexibility index (Phi) is 5.41. The summed E-state index contributed by atoms with van der Waals surface area (Å²) in [6.07, 6.45) is 5.42. The van der Waals surface area contributed by atoms with Gasteiger partial charge in [-0.25, -0.2) is 24.4 Å². The smallest absolute Gasteiger partial charge is 0.317 e. The highest BCUT2D eigenvalue weighted by molar-refractivity contribution is 5.74. The Morgan fingerprint density at radius 3 is 2.54 bits per heavy atom. The average molecular weight is 378 g/mol. The van der Waals surface area contributed by atoms with Crippen LogP contribution in [-0.2, 0) is 6.42 Å². The summed E-state index contributed by atoms with van der Waals surface area (Å²) in [5.74, 6) is 1.49. The summed E-state index contributed by atoms with van der Waals surface area (Å²) in [4.78, 5) is 28.9. The molecule has 1 saturated heterocycles. The minimum atomic E-state index is -0.0124. The van der Waals surface area contributed by atoms with E-state index in [-0.39, 0.29) is 6.03 Å². The van der Waals surface area contributed by atoms with Gasteiger partial charge in [0.25, 0.3) is 0 Å². The van der Waals surface area contributed by atoms with Crippen molar-refractivity contribution in [1.29, 1.82) is 0 Å². The molecule has 0 unspecified atom stereocenters. The maximum atomic E-state index is 12.4. The molecule has 144 valence electrons. The van der Waals surface area contributed by atoms with Crippen LogP contribution in [0.25, 0.3) is 5.82 Å². The lowest BCUT2D eigenvalue weighted by atomic mass is 10.1. The second-order valence-corrected chi connectivity index (χ2v) is 6.52. The number of piperazine rings is 1. The normalized spacial score (nSPS) is 14.1. The lowest BCUT2D eigenvalue weighted by molar-refractivity contribution is 0.194. The van der Waals surface area contributed by atoms with E-state index in [0.29, 0.717) is 25.5 Å². The van der Waals surface area contributed by atoms with Gasteiger partial charge in [-0.05, 0) is 12.0 Å². The minimum Gasteiger partial charge on any atom is -0.353 e. The molecule has 1 fully saturated rings. The fourth-order valence-corrected chi connectivity index (χ4v) is 3.17. The van der Waals surface area contributed by atoms with Gasteiger partial charge in [0.05, 0.1) is 0 Å². The molecule has 0 radical (unpaired) electrons. The van der Waals surface area contributed by atoms with Crippen molar-refractivity contribution in [3.8, 4) is 5.82 Å². The number of urea groups is 1. The van der Waals surface area contributed by atoms with E-state index >= 15 is 0 Å². The molecule has 1 aliphatic heterocycles. The number of rotatable bonds is 5. The SMILES string of the molecule is O=C(NCCc1ccccc1)N1CCN(c2cc(-n3cncn3)ncn2)CC1. The predicted octanol–water partition coefficient (Wildman–Crippen LogP) is 1.13. The van der Waals surface area contributed by atoms with E-state index in [1.807, 2.05) is 29.2 Å². The first-order valence-electron chi connectivity index (χ1n) is 9.28. The van der Waals surface area contributed by atoms with Gasteiger partial charge in [-0.3, -0.25) is 0 Å². The molecule has 9 heteroatoms. The lowest BCUT2D eigenvalue weighted by Gasteiger charge is -2.35. The summed E-state index contributed by atoms with van der Waals surface area (Å²) in [5.41, 5.74) is 1.22. The van der Waals surface area contributed by atoms with Crippen molar-refractivity contribution < 1.29 is 4.79 Å². The van der Waals surface area contributed by atoms with Crippen molar-refractivity contribution in [3.05, 3.63) is 60.9 Å². The third-order valence-electron chi connectivity index (χ3n) is 4.72. The molecule has 28 heavy (non-hydrogen) atoms. The molecule has 1 aromatic carbocycles. The highest BCUT2D eigenvalue weighted by atomic mass is 16.2. The Labute approximate surface area is 163 Å². The van der Waals surface area contributed by atoms with Crippen LogP contribution in [0.4, 0.5) is 10.6 Å². The van der Waals surface area contributed by atoms with E-state index in [4.69, 9.17) is 0 Å². The van der Waals surface area contributed by atoms with Gasteiger partial charge in [-0.2, -0.15) is 5.10 Å². The van der Waals surface area contributed by atoms with E-state index in [1.165, 1.54) is 18.2 Å². The van der Waals surface area contributed by atoms with E-state index in [0.717, 1.165) is 25.3 Å². The zero-order valence-corrected chi connectivity index (χ0v) is 15.5. The van der Waals surface area contributed by atoms with Crippen LogP contribution in [0.5, 0.6) is 0 Å². The molecule has 4 rings (SSSR count). The van der Waals surface area contributed by atoms with Gasteiger partial charge in [0.15, 0.2) is 5.82 Å². The summed E-state index contributed by atoms with van der Waals surface area (Å²) < 4.78 is 1.60. The number of carbonyl (C=O) groups is 1. The van der Waals surface area contributed by atoms with Gasteiger partial charge in [-0.15, -0.1) is 0 Å². The molecule has 1 N–H and O–H groups in total. The van der Waals surface area contributed by atoms with Crippen molar-refractivity contribution in [1.82, 2.24) is 34.9 Å². The van der Waals surface area contributed by atoms with Crippen LogP contribution in [0, 0.1) is 0 Å². The van der Waals surface area contributed by atoms with Gasteiger partial charge < -0.3 is 15.1 Å². The topological polar surface area (TPSA) is 92.1 Å². The number of nitrogens with one attached hydrogen (secondary N) is 1. The molecule has 0 aliphatic carbocycles. The van der Waals surface area contributed by atoms with Gasteiger partial charge in [0.2, 0.25) is 0 Å². The van der Waals surface area contributed by atoms with Crippen LogP contribution >= 0.6 is 0 Å². The van der Waals surface area contributed by atoms with Crippen LogP contribution < -0.4 is 10.2 Å². The Morgan fingerprint density at radius 1 is 1.00 bits per heavy atom. The largest absolute Gasteiger partial charge is 0.353 e. The number of benzene rings is 1. The molecule has 0 spiro atoms. The Morgan fingerprint density at radius 2 is 1.79 bits per heavy atom. The molecule has 3 heterocycles. The first-order chi connectivity index (χ1) is 13.8. The fraction of sp³-hybridized carbons (Fsp3) is 0.316. The molecule has 0 bridgehead atoms. The zero-order valence-electron chi connectivity index (χ0n) is 15.5. The first kappa shape index (κ1) is 17.9. The molecule has 9 nitrogen and oxygen atoms in total. The van der Waals surface area contributed by atoms with Gasteiger partial charge in [0, 0.05) is 38.8 Å². The van der Waals surface area contributed by atoms with Crippen LogP contribution in [-0.4, -0.2) is 68.4 Å². The Hall–Kier alpha value is -3.49. The molecular weight excluding hydrogens is 356 g/mol. The number of hydrogen-bond acceptors (Lipinski definition) is 6. The summed E-state index contributed by atoms with van der Waals surface area (Å²) in [6.45, 7) is 3.38. The third kappa shape index (κ3) is 4.25. The predicted molar refractivity (Wildman–Crippen MR) is 104 cm³/mol. The number of anilines is 1. The standard InChI is InChI=1S/C19H22N8O/c28-19(21-7-6-16-4-2-1-3-5-16)26-10-8-25(9-11-26)17-12-18(23-14-22-17)27-15-20-13-24-27/h1-5,12-15H,6-11H2,(H,21,28). The Balaban J connectivity index is 1.27. The van der Waals surface area contributed by atoms with Gasteiger partial charge in [-0.1, -0.05) is 30.3 Å². The van der Waals surface area contributed by atoms with E-state index in [2.05, 4.69) is 42.4 Å². The fourth-order valence-electron chi connectivity index (χ4n) is 3.17. The minimum absolute atomic E-state index is 0.0124. The first-order valence-corrected chi connectivity index (χ1v) is 9.28. The quantitative estimate of drug-likeness (QED) is 0.716. The van der Waals surface area contributed by atoms with Crippen molar-refractivity contribution >= 4 is 11.8 Å². The van der Waals surface area contributed by atoms with Crippen molar-refractivity contribution in [3.63, 3.8) is 0 Å². The van der Waals surface area contributed by atoms with Crippen LogP contribution in [0.15, 0.2) is 55.4 Å². The third-order valence-corrected chi connectivity index (χ3v) is 4.72. The molecule has 3 aromatic rings. The number of nitrogens with zero attached hydrogens (tertiary/aromatic N) is 7. The lowest BCUT2D eigenvalue weighted by Crippen LogP contribution is -2.52. The summed E-state index contributed by atoms with van der Waals surface area (Å²) in [7, 11) is 0. The van der Waals surface area contributed by atoms with Crippen molar-refractivity contribution in [2.24, 2.45) is 0 Å². The van der Waals surface area contributed by atoms with Crippen molar-refractivity contribution in [2.75, 3.05) is 37.6 Å². The van der Waals surface area contributed by atoms with Crippen molar-refractivity contribution in [2.45, 2.75) is 6.42 Å². The molecule has 0 saturated carbocycles. The zero-order chi connectivity index (χ0) is 19.2. The number of aromatic nitrogens is 5. The molecular formula is C19H22N8O. The number of carbonyl (C=O) groups excluding carboxylic acids is 1. The van der Waals surface area contributed by atoms with E-state index in [1.54, 1.807) is 11.0 Å². The average Bonchev–Trinajstić information content (AvgIpc) is 3.30. The maximum Gasteiger partial charge on any atom is 0.317 e. The number of amides is 2. The van der Waals surface area contributed by atoms with Crippen LogP contribution in [0.2, 0.25) is 0 Å². The molecule has 0 atom stereocenters. The number of hydrogen-bond donors (Lipinski definition) is 1. The summed E-state index contributed by atoms with van der Waals surface area (Å²) in [6, 6.07) is 12.0. The molecule has 2 amide bonds. The van der Waals surface area contributed by atoms with E-state index in [9.17, 15) is 4.79 Å². The summed E-state index contributed by atoms with van der Waals surface area (Å²) in [5, 5.41) is 7.10. The van der Waals surface area contributed by atoms with Gasteiger partial charge >= 0.3 is 6.03 Å². The monoisotopic (exact) mass is 378 g/mol. The van der Waals surface area contributed by atoms with Crippen LogP contribution in [0.1, 0.15) is 5.56 Å². The van der Waals surface area contributed by atoms with Gasteiger partial charge in [0.1, 0.15) is 24.8 Å². The summed E-state index contributed by atoms with van der Waals surface area (Å²) >= 11 is 0.